The SMILES string of the molecule is CCCc1cc(O)c(C2C=C(C(=O)O)C(CCCc3cc(O)c(C4C=C(C)C(=O)CC4C(C)C)c(O)c3)CC2C(C)C)c(O)c1. The Labute approximate surface area is 267 Å². The van der Waals surface area contributed by atoms with Crippen LogP contribution in [0, 0.1) is 29.6 Å². The van der Waals surface area contributed by atoms with Gasteiger partial charge in [0.15, 0.2) is 5.78 Å². The Morgan fingerprint density at radius 1 is 0.800 bits per heavy atom. The number of allylic oxidation sites excluding steroid dienone is 3. The van der Waals surface area contributed by atoms with E-state index in [0.29, 0.717) is 54.4 Å². The number of phenolic OH excluding ortho intramolecular Hbond substituents is 4. The van der Waals surface area contributed by atoms with Gasteiger partial charge in [0.25, 0.3) is 0 Å². The first-order chi connectivity index (χ1) is 21.2. The normalized spacial score (nSPS) is 23.7. The molecule has 7 heteroatoms. The van der Waals surface area contributed by atoms with Crippen molar-refractivity contribution in [2.75, 3.05) is 0 Å². The number of carboxylic acid groups (broad SMARTS) is 1. The molecule has 0 fully saturated rings. The van der Waals surface area contributed by atoms with Gasteiger partial charge in [-0.2, -0.15) is 0 Å². The molecule has 0 radical (unpaired) electrons. The van der Waals surface area contributed by atoms with Crippen LogP contribution in [0.3, 0.4) is 0 Å². The van der Waals surface area contributed by atoms with E-state index < -0.39 is 11.9 Å². The van der Waals surface area contributed by atoms with Crippen LogP contribution >= 0.6 is 0 Å². The molecule has 5 unspecified atom stereocenters. The van der Waals surface area contributed by atoms with Crippen LogP contribution in [0.15, 0.2) is 47.6 Å². The number of carboxylic acids is 1. The van der Waals surface area contributed by atoms with E-state index in [4.69, 9.17) is 0 Å². The van der Waals surface area contributed by atoms with Gasteiger partial charge in [0.05, 0.1) is 0 Å². The van der Waals surface area contributed by atoms with Crippen LogP contribution in [0.5, 0.6) is 23.0 Å². The molecule has 5 atom stereocenters. The number of phenols is 4. The van der Waals surface area contributed by atoms with Gasteiger partial charge in [-0.05, 0) is 110 Å². The average Bonchev–Trinajstić information content (AvgIpc) is 2.94. The molecule has 4 rings (SSSR count). The minimum absolute atomic E-state index is 0.00166. The molecule has 0 bridgehead atoms. The summed E-state index contributed by atoms with van der Waals surface area (Å²) in [6, 6.07) is 6.73. The summed E-state index contributed by atoms with van der Waals surface area (Å²) in [4.78, 5) is 24.8. The highest BCUT2D eigenvalue weighted by atomic mass is 16.4. The second kappa shape index (κ2) is 14.1. The molecule has 0 spiro atoms. The summed E-state index contributed by atoms with van der Waals surface area (Å²) in [7, 11) is 0. The standard InChI is InChI=1S/C38H50O7/c1-7-9-23-13-32(40)37(33(41)14-23)30-18-28(38(44)45)25(17-26(30)20(2)3)11-8-10-24-15-34(42)36(35(43)16-24)29-12-22(6)31(39)19-27(29)21(4)5/h12-16,18,20-21,25-27,29-30,40-43H,7-11,17,19H2,1-6H3,(H,44,45). The lowest BCUT2D eigenvalue weighted by atomic mass is 9.66. The van der Waals surface area contributed by atoms with Crippen molar-refractivity contribution in [1.82, 2.24) is 0 Å². The number of Topliss-reactive ketones (excluding diaryl/α,β-unsaturated/α-hetero) is 1. The Kier molecular flexibility index (Phi) is 10.7. The number of ketones is 1. The summed E-state index contributed by atoms with van der Waals surface area (Å²) >= 11 is 0. The van der Waals surface area contributed by atoms with Crippen molar-refractivity contribution in [3.8, 4) is 23.0 Å². The number of aliphatic carboxylic acids is 1. The number of aryl methyl sites for hydroxylation is 2. The molecule has 0 aromatic heterocycles. The largest absolute Gasteiger partial charge is 0.507 e. The summed E-state index contributed by atoms with van der Waals surface area (Å²) in [6.07, 6.45) is 8.00. The van der Waals surface area contributed by atoms with Crippen molar-refractivity contribution in [2.45, 2.75) is 98.3 Å². The summed E-state index contributed by atoms with van der Waals surface area (Å²) in [5, 5.41) is 54.2. The maximum atomic E-state index is 12.5. The molecule has 244 valence electrons. The van der Waals surface area contributed by atoms with Crippen LogP contribution in [-0.4, -0.2) is 37.3 Å². The minimum atomic E-state index is -0.998. The van der Waals surface area contributed by atoms with Crippen molar-refractivity contribution in [2.24, 2.45) is 29.6 Å². The van der Waals surface area contributed by atoms with Gasteiger partial charge in [-0.25, -0.2) is 4.79 Å². The molecule has 0 saturated carbocycles. The third-order valence-electron chi connectivity index (χ3n) is 10.1. The lowest BCUT2D eigenvalue weighted by Gasteiger charge is -2.37. The molecule has 0 aliphatic heterocycles. The highest BCUT2D eigenvalue weighted by Gasteiger charge is 2.38. The van der Waals surface area contributed by atoms with E-state index in [-0.39, 0.29) is 64.3 Å². The predicted octanol–water partition coefficient (Wildman–Crippen LogP) is 8.15. The summed E-state index contributed by atoms with van der Waals surface area (Å²) in [5.74, 6) is -1.40. The zero-order valence-corrected chi connectivity index (χ0v) is 27.5. The number of carbonyl (C=O) groups is 2. The Morgan fingerprint density at radius 2 is 1.29 bits per heavy atom. The lowest BCUT2D eigenvalue weighted by Crippen LogP contribution is -2.29. The van der Waals surface area contributed by atoms with Crippen LogP contribution in [0.2, 0.25) is 0 Å². The third-order valence-corrected chi connectivity index (χ3v) is 10.1. The summed E-state index contributed by atoms with van der Waals surface area (Å²) in [6.45, 7) is 12.1. The van der Waals surface area contributed by atoms with Gasteiger partial charge in [0, 0.05) is 35.0 Å². The maximum absolute atomic E-state index is 12.5. The second-order valence-electron chi connectivity index (χ2n) is 13.9. The molecule has 0 heterocycles. The fraction of sp³-hybridized carbons (Fsp3) is 0.526. The van der Waals surface area contributed by atoms with Crippen LogP contribution in [0.25, 0.3) is 0 Å². The molecule has 0 saturated heterocycles. The number of rotatable bonds is 11. The first-order valence-electron chi connectivity index (χ1n) is 16.5. The van der Waals surface area contributed by atoms with Gasteiger partial charge >= 0.3 is 5.97 Å². The highest BCUT2D eigenvalue weighted by Crippen LogP contribution is 2.50. The first kappa shape index (κ1) is 34.1. The van der Waals surface area contributed by atoms with Crippen LogP contribution < -0.4 is 0 Å². The maximum Gasteiger partial charge on any atom is 0.331 e. The lowest BCUT2D eigenvalue weighted by molar-refractivity contribution is -0.133. The van der Waals surface area contributed by atoms with E-state index in [1.165, 1.54) is 0 Å². The van der Waals surface area contributed by atoms with Gasteiger partial charge in [-0.15, -0.1) is 0 Å². The monoisotopic (exact) mass is 618 g/mol. The van der Waals surface area contributed by atoms with Crippen molar-refractivity contribution < 1.29 is 35.1 Å². The van der Waals surface area contributed by atoms with E-state index in [1.807, 2.05) is 26.8 Å². The van der Waals surface area contributed by atoms with Crippen LogP contribution in [-0.2, 0) is 22.4 Å². The van der Waals surface area contributed by atoms with Crippen molar-refractivity contribution in [3.05, 3.63) is 69.8 Å². The quantitative estimate of drug-likeness (QED) is 0.171. The Hall–Kier alpha value is -3.74. The molecule has 2 aromatic rings. The Bertz CT molecular complexity index is 1430. The van der Waals surface area contributed by atoms with E-state index in [9.17, 15) is 35.1 Å². The van der Waals surface area contributed by atoms with Crippen molar-refractivity contribution >= 4 is 11.8 Å². The second-order valence-corrected chi connectivity index (χ2v) is 13.9. The number of hydrogen-bond acceptors (Lipinski definition) is 6. The van der Waals surface area contributed by atoms with Gasteiger partial charge in [0.1, 0.15) is 23.0 Å². The molecule has 2 aromatic carbocycles. The van der Waals surface area contributed by atoms with Gasteiger partial charge in [-0.1, -0.05) is 53.2 Å². The van der Waals surface area contributed by atoms with Crippen molar-refractivity contribution in [1.29, 1.82) is 0 Å². The average molecular weight is 619 g/mol. The molecular formula is C38H50O7. The predicted molar refractivity (Wildman–Crippen MR) is 176 cm³/mol. The van der Waals surface area contributed by atoms with E-state index in [1.54, 1.807) is 37.3 Å². The first-order valence-corrected chi connectivity index (χ1v) is 16.5. The number of aromatic hydroxyl groups is 4. The fourth-order valence-electron chi connectivity index (χ4n) is 7.67. The fourth-order valence-corrected chi connectivity index (χ4v) is 7.67. The van der Waals surface area contributed by atoms with Gasteiger partial charge in [0.2, 0.25) is 0 Å². The molecule has 45 heavy (non-hydrogen) atoms. The Balaban J connectivity index is 1.55. The Morgan fingerprint density at radius 3 is 1.76 bits per heavy atom. The molecule has 7 nitrogen and oxygen atoms in total. The van der Waals surface area contributed by atoms with Gasteiger partial charge < -0.3 is 25.5 Å². The van der Waals surface area contributed by atoms with Gasteiger partial charge in [-0.3, -0.25) is 4.79 Å². The van der Waals surface area contributed by atoms with E-state index in [2.05, 4.69) is 13.8 Å². The van der Waals surface area contributed by atoms with Crippen LogP contribution in [0.1, 0.15) is 108 Å². The molecule has 2 aliphatic rings. The van der Waals surface area contributed by atoms with Crippen molar-refractivity contribution in [3.63, 3.8) is 0 Å². The molecule has 0 amide bonds. The minimum Gasteiger partial charge on any atom is -0.507 e. The molecule has 2 aliphatic carbocycles. The van der Waals surface area contributed by atoms with E-state index in [0.717, 1.165) is 24.0 Å². The number of hydrogen-bond donors (Lipinski definition) is 5. The number of benzene rings is 2. The molecule has 5 N–H and O–H groups in total. The summed E-state index contributed by atoms with van der Waals surface area (Å²) < 4.78 is 0. The van der Waals surface area contributed by atoms with Crippen LogP contribution in [0.4, 0.5) is 0 Å². The van der Waals surface area contributed by atoms with E-state index >= 15 is 0 Å². The topological polar surface area (TPSA) is 135 Å². The molecular weight excluding hydrogens is 568 g/mol. The highest BCUT2D eigenvalue weighted by molar-refractivity contribution is 5.96. The smallest absolute Gasteiger partial charge is 0.331 e. The summed E-state index contributed by atoms with van der Waals surface area (Å²) in [5.41, 5.74) is 3.40. The number of carbonyl (C=O) groups excluding carboxylic acids is 1. The zero-order valence-electron chi connectivity index (χ0n) is 27.5. The third kappa shape index (κ3) is 7.40. The zero-order chi connectivity index (χ0) is 33.2.